The Bertz CT molecular complexity index is 1030. The summed E-state index contributed by atoms with van der Waals surface area (Å²) in [5, 5.41) is 3.77. The van der Waals surface area contributed by atoms with Crippen LogP contribution < -0.4 is 10.1 Å². The number of ether oxygens (including phenoxy) is 1. The van der Waals surface area contributed by atoms with Crippen molar-refractivity contribution in [3.05, 3.63) is 63.6 Å². The number of hydrogen-bond acceptors (Lipinski definition) is 4. The Hall–Kier alpha value is -1.80. The fourth-order valence-corrected chi connectivity index (χ4v) is 5.84. The average Bonchev–Trinajstić information content (AvgIpc) is 2.75. The third-order valence-corrected chi connectivity index (χ3v) is 7.86. The number of amides is 1. The molecule has 2 aromatic carbocycles. The number of nitrogens with one attached hydrogen (secondary N) is 1. The first-order valence-corrected chi connectivity index (χ1v) is 12.4. The highest BCUT2D eigenvalue weighted by Gasteiger charge is 2.33. The van der Waals surface area contributed by atoms with Crippen molar-refractivity contribution in [2.75, 3.05) is 20.2 Å². The predicted molar refractivity (Wildman–Crippen MR) is 123 cm³/mol. The Labute approximate surface area is 193 Å². The number of piperidine rings is 1. The van der Waals surface area contributed by atoms with Gasteiger partial charge in [0.05, 0.1) is 24.8 Å². The third-order valence-electron chi connectivity index (χ3n) is 5.48. The van der Waals surface area contributed by atoms with Gasteiger partial charge in [0, 0.05) is 23.1 Å². The maximum atomic E-state index is 13.0. The van der Waals surface area contributed by atoms with E-state index in [1.165, 1.54) is 10.4 Å². The molecular weight excluding hydrogens is 459 g/mol. The molecule has 0 spiro atoms. The molecule has 168 valence electrons. The molecule has 1 aliphatic rings. The molecule has 3 rings (SSSR count). The molecule has 1 saturated heterocycles. The van der Waals surface area contributed by atoms with Crippen molar-refractivity contribution in [2.24, 2.45) is 5.92 Å². The molecular formula is C22H26Cl2N2O4S. The van der Waals surface area contributed by atoms with Crippen LogP contribution in [0.15, 0.2) is 42.5 Å². The number of benzene rings is 2. The monoisotopic (exact) mass is 484 g/mol. The Morgan fingerprint density at radius 2 is 1.94 bits per heavy atom. The number of hydrogen-bond donors (Lipinski definition) is 1. The second kappa shape index (κ2) is 10.2. The van der Waals surface area contributed by atoms with Crippen molar-refractivity contribution in [3.8, 4) is 5.75 Å². The van der Waals surface area contributed by atoms with Crippen LogP contribution >= 0.6 is 23.2 Å². The molecule has 0 aliphatic carbocycles. The van der Waals surface area contributed by atoms with E-state index in [4.69, 9.17) is 27.9 Å². The number of carbonyl (C=O) groups is 1. The van der Waals surface area contributed by atoms with Crippen LogP contribution in [0.2, 0.25) is 10.0 Å². The summed E-state index contributed by atoms with van der Waals surface area (Å²) in [5.74, 6) is -0.0200. The SMILES string of the molecule is COc1ccc([C@H](C)NC(=O)[C@@H]2CCCN(S(=O)(=O)Cc3ccc(Cl)cc3Cl)C2)cc1. The van der Waals surface area contributed by atoms with Crippen LogP contribution in [0.1, 0.15) is 36.9 Å². The number of methoxy groups -OCH3 is 1. The van der Waals surface area contributed by atoms with E-state index in [-0.39, 0.29) is 24.2 Å². The van der Waals surface area contributed by atoms with Gasteiger partial charge < -0.3 is 10.1 Å². The zero-order valence-electron chi connectivity index (χ0n) is 17.5. The zero-order valence-corrected chi connectivity index (χ0v) is 19.8. The smallest absolute Gasteiger partial charge is 0.224 e. The maximum absolute atomic E-state index is 13.0. The summed E-state index contributed by atoms with van der Waals surface area (Å²) in [6, 6.07) is 12.1. The summed E-state index contributed by atoms with van der Waals surface area (Å²) < 4.78 is 32.5. The molecule has 0 radical (unpaired) electrons. The van der Waals surface area contributed by atoms with E-state index < -0.39 is 15.9 Å². The predicted octanol–water partition coefficient (Wildman–Crippen LogP) is 4.42. The lowest BCUT2D eigenvalue weighted by atomic mass is 9.98. The molecule has 1 aliphatic heterocycles. The number of nitrogens with zero attached hydrogens (tertiary/aromatic N) is 1. The van der Waals surface area contributed by atoms with Gasteiger partial charge in [0.15, 0.2) is 0 Å². The van der Waals surface area contributed by atoms with Gasteiger partial charge in [-0.05, 0) is 55.2 Å². The number of sulfonamides is 1. The zero-order chi connectivity index (χ0) is 22.6. The molecule has 0 saturated carbocycles. The van der Waals surface area contributed by atoms with Gasteiger partial charge in [-0.1, -0.05) is 41.4 Å². The van der Waals surface area contributed by atoms with Gasteiger partial charge in [-0.3, -0.25) is 4.79 Å². The minimum atomic E-state index is -3.61. The number of carbonyl (C=O) groups excluding carboxylic acids is 1. The van der Waals surface area contributed by atoms with Gasteiger partial charge in [0.25, 0.3) is 0 Å². The van der Waals surface area contributed by atoms with E-state index in [2.05, 4.69) is 5.32 Å². The molecule has 2 atom stereocenters. The quantitative estimate of drug-likeness (QED) is 0.630. The molecule has 2 aromatic rings. The van der Waals surface area contributed by atoms with Gasteiger partial charge in [-0.25, -0.2) is 12.7 Å². The second-order valence-electron chi connectivity index (χ2n) is 7.69. The Morgan fingerprint density at radius 3 is 2.58 bits per heavy atom. The first kappa shape index (κ1) is 23.9. The Balaban J connectivity index is 1.63. The summed E-state index contributed by atoms with van der Waals surface area (Å²) in [4.78, 5) is 12.8. The fraction of sp³-hybridized carbons (Fsp3) is 0.409. The van der Waals surface area contributed by atoms with E-state index in [1.807, 2.05) is 31.2 Å². The van der Waals surface area contributed by atoms with Gasteiger partial charge in [0.2, 0.25) is 15.9 Å². The van der Waals surface area contributed by atoms with Gasteiger partial charge in [-0.2, -0.15) is 0 Å². The van der Waals surface area contributed by atoms with Crippen molar-refractivity contribution in [3.63, 3.8) is 0 Å². The van der Waals surface area contributed by atoms with Gasteiger partial charge >= 0.3 is 0 Å². The van der Waals surface area contributed by atoms with Crippen molar-refractivity contribution < 1.29 is 17.9 Å². The molecule has 1 heterocycles. The van der Waals surface area contributed by atoms with Crippen molar-refractivity contribution in [2.45, 2.75) is 31.6 Å². The fourth-order valence-electron chi connectivity index (χ4n) is 3.64. The maximum Gasteiger partial charge on any atom is 0.224 e. The molecule has 9 heteroatoms. The summed E-state index contributed by atoms with van der Waals surface area (Å²) in [5.41, 5.74) is 1.44. The van der Waals surface area contributed by atoms with E-state index in [9.17, 15) is 13.2 Å². The molecule has 0 aromatic heterocycles. The van der Waals surface area contributed by atoms with Crippen LogP contribution in [0, 0.1) is 5.92 Å². The lowest BCUT2D eigenvalue weighted by molar-refractivity contribution is -0.126. The lowest BCUT2D eigenvalue weighted by Crippen LogP contribution is -2.46. The van der Waals surface area contributed by atoms with Crippen LogP contribution in [0.4, 0.5) is 0 Å². The standard InChI is InChI=1S/C22H26Cl2N2O4S/c1-15(16-6-9-20(30-2)10-7-16)25-22(27)17-4-3-11-26(13-17)31(28,29)14-18-5-8-19(23)12-21(18)24/h5-10,12,15,17H,3-4,11,13-14H2,1-2H3,(H,25,27)/t15-,17+/m0/s1. The topological polar surface area (TPSA) is 75.7 Å². The second-order valence-corrected chi connectivity index (χ2v) is 10.5. The number of rotatable bonds is 7. The summed E-state index contributed by atoms with van der Waals surface area (Å²) in [7, 11) is -2.01. The van der Waals surface area contributed by atoms with Gasteiger partial charge in [0.1, 0.15) is 5.75 Å². The first-order valence-electron chi connectivity index (χ1n) is 10.1. The molecule has 1 N–H and O–H groups in total. The van der Waals surface area contributed by atoms with Crippen LogP contribution in [0.25, 0.3) is 0 Å². The molecule has 6 nitrogen and oxygen atoms in total. The van der Waals surface area contributed by atoms with Crippen molar-refractivity contribution >= 4 is 39.1 Å². The van der Waals surface area contributed by atoms with Crippen LogP contribution in [0.3, 0.4) is 0 Å². The average molecular weight is 485 g/mol. The minimum Gasteiger partial charge on any atom is -0.497 e. The lowest BCUT2D eigenvalue weighted by Gasteiger charge is -2.32. The van der Waals surface area contributed by atoms with E-state index in [0.717, 1.165) is 11.3 Å². The largest absolute Gasteiger partial charge is 0.497 e. The molecule has 0 unspecified atom stereocenters. The van der Waals surface area contributed by atoms with E-state index in [1.54, 1.807) is 19.2 Å². The van der Waals surface area contributed by atoms with Crippen LogP contribution in [-0.4, -0.2) is 38.8 Å². The van der Waals surface area contributed by atoms with Crippen molar-refractivity contribution in [1.29, 1.82) is 0 Å². The summed E-state index contributed by atoms with van der Waals surface area (Å²) in [6.45, 7) is 2.46. The molecule has 1 fully saturated rings. The van der Waals surface area contributed by atoms with E-state index >= 15 is 0 Å². The Morgan fingerprint density at radius 1 is 1.23 bits per heavy atom. The molecule has 1 amide bonds. The highest BCUT2D eigenvalue weighted by molar-refractivity contribution is 7.88. The Kier molecular flexibility index (Phi) is 7.86. The van der Waals surface area contributed by atoms with Crippen molar-refractivity contribution in [1.82, 2.24) is 9.62 Å². The number of halogens is 2. The highest BCUT2D eigenvalue weighted by atomic mass is 35.5. The van der Waals surface area contributed by atoms with Gasteiger partial charge in [-0.15, -0.1) is 0 Å². The first-order chi connectivity index (χ1) is 14.7. The third kappa shape index (κ3) is 6.13. The molecule has 31 heavy (non-hydrogen) atoms. The van der Waals surface area contributed by atoms with Crippen LogP contribution in [0.5, 0.6) is 5.75 Å². The highest BCUT2D eigenvalue weighted by Crippen LogP contribution is 2.27. The summed E-state index contributed by atoms with van der Waals surface area (Å²) in [6.07, 6.45) is 1.28. The van der Waals surface area contributed by atoms with E-state index in [0.29, 0.717) is 35.0 Å². The van der Waals surface area contributed by atoms with Crippen LogP contribution in [-0.2, 0) is 20.6 Å². The summed E-state index contributed by atoms with van der Waals surface area (Å²) >= 11 is 12.0. The minimum absolute atomic E-state index is 0.146. The molecule has 0 bridgehead atoms. The normalized spacial score (nSPS) is 18.4.